The van der Waals surface area contributed by atoms with Gasteiger partial charge < -0.3 is 9.47 Å². The molecule has 29 heavy (non-hydrogen) atoms. The van der Waals surface area contributed by atoms with Gasteiger partial charge in [-0.2, -0.15) is 5.01 Å². The van der Waals surface area contributed by atoms with Gasteiger partial charge in [-0.25, -0.2) is 19.4 Å². The van der Waals surface area contributed by atoms with E-state index in [-0.39, 0.29) is 13.2 Å². The van der Waals surface area contributed by atoms with Crippen LogP contribution in [0.2, 0.25) is 0 Å². The second kappa shape index (κ2) is 11.1. The molecule has 0 aromatic heterocycles. The standard InChI is InChI=1S/C22H29N3O4/c1-5-8-9-10-18-16-24(21(26)28-6-2)25(22(27)29-7-3)20(18)15-17-11-13-19(23-4)14-12-17/h11-14H,5-10,15-16H2,1-3H3. The molecular weight excluding hydrogens is 370 g/mol. The lowest BCUT2D eigenvalue weighted by Crippen LogP contribution is -2.46. The first-order valence-electron chi connectivity index (χ1n) is 10.1. The number of hydrogen-bond donors (Lipinski definition) is 0. The molecule has 2 rings (SSSR count). The van der Waals surface area contributed by atoms with Crippen LogP contribution in [0.25, 0.3) is 4.85 Å². The van der Waals surface area contributed by atoms with Gasteiger partial charge in [0.2, 0.25) is 0 Å². The second-order valence-electron chi connectivity index (χ2n) is 6.73. The Kier molecular flexibility index (Phi) is 8.53. The number of hydrazine groups is 1. The number of nitrogens with zero attached hydrogens (tertiary/aromatic N) is 3. The topological polar surface area (TPSA) is 63.4 Å². The Labute approximate surface area is 172 Å². The van der Waals surface area contributed by atoms with E-state index >= 15 is 0 Å². The summed E-state index contributed by atoms with van der Waals surface area (Å²) in [4.78, 5) is 28.7. The van der Waals surface area contributed by atoms with Gasteiger partial charge in [-0.05, 0) is 37.8 Å². The lowest BCUT2D eigenvalue weighted by atomic mass is 10.0. The molecule has 0 saturated carbocycles. The quantitative estimate of drug-likeness (QED) is 0.430. The van der Waals surface area contributed by atoms with E-state index in [4.69, 9.17) is 16.0 Å². The maximum absolute atomic E-state index is 12.7. The number of carbonyl (C=O) groups is 2. The van der Waals surface area contributed by atoms with Gasteiger partial charge in [0.1, 0.15) is 0 Å². The summed E-state index contributed by atoms with van der Waals surface area (Å²) < 4.78 is 10.4. The molecule has 0 aliphatic carbocycles. The van der Waals surface area contributed by atoms with Gasteiger partial charge in [-0.15, -0.1) is 0 Å². The van der Waals surface area contributed by atoms with Gasteiger partial charge in [0.15, 0.2) is 5.69 Å². The molecule has 0 spiro atoms. The van der Waals surface area contributed by atoms with Crippen molar-refractivity contribution in [3.63, 3.8) is 0 Å². The highest BCUT2D eigenvalue weighted by Crippen LogP contribution is 2.31. The fraction of sp³-hybridized carbons (Fsp3) is 0.500. The average molecular weight is 399 g/mol. The maximum atomic E-state index is 12.7. The minimum atomic E-state index is -0.584. The zero-order valence-corrected chi connectivity index (χ0v) is 17.4. The van der Waals surface area contributed by atoms with Gasteiger partial charge in [0.05, 0.1) is 32.0 Å². The minimum absolute atomic E-state index is 0.212. The summed E-state index contributed by atoms with van der Waals surface area (Å²) in [6.45, 7) is 13.5. The van der Waals surface area contributed by atoms with E-state index < -0.39 is 12.2 Å². The Balaban J connectivity index is 2.37. The number of allylic oxidation sites excluding steroid dienone is 1. The summed E-state index contributed by atoms with van der Waals surface area (Å²) >= 11 is 0. The Hall–Kier alpha value is -3.01. The molecule has 156 valence electrons. The molecule has 0 atom stereocenters. The van der Waals surface area contributed by atoms with Crippen LogP contribution in [0.3, 0.4) is 0 Å². The van der Waals surface area contributed by atoms with E-state index in [2.05, 4.69) is 11.8 Å². The maximum Gasteiger partial charge on any atom is 0.433 e. The van der Waals surface area contributed by atoms with Crippen molar-refractivity contribution in [1.29, 1.82) is 0 Å². The summed E-state index contributed by atoms with van der Waals surface area (Å²) in [5.74, 6) is 0. The van der Waals surface area contributed by atoms with Gasteiger partial charge in [0.25, 0.3) is 0 Å². The highest BCUT2D eigenvalue weighted by Gasteiger charge is 2.39. The SMILES string of the molecule is [C-]#[N+]c1ccc(CC2=C(CCCCC)CN(C(=O)OCC)N2C(=O)OCC)cc1. The molecule has 7 heteroatoms. The van der Waals surface area contributed by atoms with Crippen molar-refractivity contribution in [3.8, 4) is 0 Å². The number of unbranched alkanes of at least 4 members (excludes halogenated alkanes) is 2. The van der Waals surface area contributed by atoms with Crippen LogP contribution in [0.5, 0.6) is 0 Å². The van der Waals surface area contributed by atoms with Crippen molar-refractivity contribution in [3.05, 3.63) is 52.5 Å². The van der Waals surface area contributed by atoms with Gasteiger partial charge in [-0.3, -0.25) is 0 Å². The molecule has 0 fully saturated rings. The van der Waals surface area contributed by atoms with E-state index in [9.17, 15) is 9.59 Å². The van der Waals surface area contributed by atoms with Gasteiger partial charge in [-0.1, -0.05) is 44.0 Å². The summed E-state index contributed by atoms with van der Waals surface area (Å²) in [6.07, 6.45) is 3.27. The third kappa shape index (κ3) is 5.74. The normalized spacial score (nSPS) is 13.4. The fourth-order valence-corrected chi connectivity index (χ4v) is 3.27. The lowest BCUT2D eigenvalue weighted by Gasteiger charge is -2.28. The predicted octanol–water partition coefficient (Wildman–Crippen LogP) is 5.46. The first-order valence-corrected chi connectivity index (χ1v) is 10.1. The van der Waals surface area contributed by atoms with Crippen molar-refractivity contribution in [2.24, 2.45) is 0 Å². The zero-order chi connectivity index (χ0) is 21.2. The van der Waals surface area contributed by atoms with Crippen molar-refractivity contribution in [2.75, 3.05) is 19.8 Å². The number of rotatable bonds is 8. The Morgan fingerprint density at radius 3 is 2.28 bits per heavy atom. The molecule has 0 unspecified atom stereocenters. The van der Waals surface area contributed by atoms with Crippen molar-refractivity contribution in [1.82, 2.24) is 10.0 Å². The first-order chi connectivity index (χ1) is 14.0. The molecule has 2 amide bonds. The van der Waals surface area contributed by atoms with E-state index in [1.807, 2.05) is 12.1 Å². The Bertz CT molecular complexity index is 780. The van der Waals surface area contributed by atoms with Crippen molar-refractivity contribution >= 4 is 17.9 Å². The third-order valence-corrected chi connectivity index (χ3v) is 4.68. The fourth-order valence-electron chi connectivity index (χ4n) is 3.27. The van der Waals surface area contributed by atoms with Crippen LogP contribution in [-0.4, -0.2) is 42.0 Å². The summed E-state index contributed by atoms with van der Waals surface area (Å²) in [6, 6.07) is 7.26. The largest absolute Gasteiger partial charge is 0.448 e. The van der Waals surface area contributed by atoms with Crippen LogP contribution in [0.4, 0.5) is 15.3 Å². The third-order valence-electron chi connectivity index (χ3n) is 4.68. The number of benzene rings is 1. The summed E-state index contributed by atoms with van der Waals surface area (Å²) in [5, 5.41) is 2.65. The molecular formula is C22H29N3O4. The number of amides is 2. The van der Waals surface area contributed by atoms with E-state index in [1.165, 1.54) is 10.0 Å². The smallest absolute Gasteiger partial charge is 0.433 e. The molecule has 0 radical (unpaired) electrons. The highest BCUT2D eigenvalue weighted by molar-refractivity contribution is 5.77. The van der Waals surface area contributed by atoms with Crippen LogP contribution in [0.15, 0.2) is 35.5 Å². The van der Waals surface area contributed by atoms with Crippen LogP contribution in [0.1, 0.15) is 52.0 Å². The van der Waals surface area contributed by atoms with Crippen molar-refractivity contribution in [2.45, 2.75) is 52.9 Å². The molecule has 7 nitrogen and oxygen atoms in total. The molecule has 1 aromatic rings. The van der Waals surface area contributed by atoms with Gasteiger partial charge >= 0.3 is 12.2 Å². The van der Waals surface area contributed by atoms with E-state index in [0.29, 0.717) is 18.7 Å². The molecule has 1 heterocycles. The van der Waals surface area contributed by atoms with E-state index in [0.717, 1.165) is 42.5 Å². The highest BCUT2D eigenvalue weighted by atomic mass is 16.6. The number of ether oxygens (including phenoxy) is 2. The summed E-state index contributed by atoms with van der Waals surface area (Å²) in [5.41, 5.74) is 3.31. The Morgan fingerprint density at radius 1 is 1.03 bits per heavy atom. The number of carbonyl (C=O) groups excluding carboxylic acids is 2. The molecule has 0 saturated heterocycles. The molecule has 1 aliphatic heterocycles. The average Bonchev–Trinajstić information content (AvgIpc) is 3.07. The minimum Gasteiger partial charge on any atom is -0.448 e. The zero-order valence-electron chi connectivity index (χ0n) is 17.4. The molecule has 0 N–H and O–H groups in total. The Morgan fingerprint density at radius 2 is 1.69 bits per heavy atom. The van der Waals surface area contributed by atoms with Crippen LogP contribution < -0.4 is 0 Å². The summed E-state index contributed by atoms with van der Waals surface area (Å²) in [7, 11) is 0. The van der Waals surface area contributed by atoms with Crippen LogP contribution in [-0.2, 0) is 15.9 Å². The second-order valence-corrected chi connectivity index (χ2v) is 6.73. The van der Waals surface area contributed by atoms with Crippen LogP contribution >= 0.6 is 0 Å². The van der Waals surface area contributed by atoms with Crippen LogP contribution in [0, 0.1) is 6.57 Å². The monoisotopic (exact) mass is 399 g/mol. The van der Waals surface area contributed by atoms with Crippen molar-refractivity contribution < 1.29 is 19.1 Å². The first kappa shape index (κ1) is 22.3. The molecule has 1 aliphatic rings. The lowest BCUT2D eigenvalue weighted by molar-refractivity contribution is 0.0141. The van der Waals surface area contributed by atoms with Gasteiger partial charge in [0, 0.05) is 6.42 Å². The molecule has 0 bridgehead atoms. The number of hydrogen-bond acceptors (Lipinski definition) is 4. The predicted molar refractivity (Wildman–Crippen MR) is 110 cm³/mol. The molecule has 1 aromatic carbocycles. The van der Waals surface area contributed by atoms with E-state index in [1.54, 1.807) is 26.0 Å².